The van der Waals surface area contributed by atoms with Crippen molar-refractivity contribution in [2.45, 2.75) is 51.9 Å². The highest BCUT2D eigenvalue weighted by molar-refractivity contribution is 5.89. The van der Waals surface area contributed by atoms with Crippen molar-refractivity contribution in [3.63, 3.8) is 0 Å². The highest BCUT2D eigenvalue weighted by Gasteiger charge is 2.27. The number of hydrogen-bond donors (Lipinski definition) is 2. The van der Waals surface area contributed by atoms with Crippen LogP contribution in [-0.2, 0) is 4.79 Å². The van der Waals surface area contributed by atoms with Crippen molar-refractivity contribution in [2.24, 2.45) is 11.8 Å². The van der Waals surface area contributed by atoms with Gasteiger partial charge in [0.05, 0.1) is 0 Å². The van der Waals surface area contributed by atoms with Crippen molar-refractivity contribution in [1.29, 1.82) is 0 Å². The van der Waals surface area contributed by atoms with Crippen LogP contribution in [0.4, 0.5) is 10.5 Å². The molecule has 2 N–H and O–H groups in total. The molecule has 1 aliphatic carbocycles. The van der Waals surface area contributed by atoms with Crippen LogP contribution in [-0.4, -0.2) is 36.5 Å². The molecular formula is C21H31N3O2. The lowest BCUT2D eigenvalue weighted by atomic mass is 9.89. The number of benzene rings is 1. The van der Waals surface area contributed by atoms with Gasteiger partial charge in [-0.2, -0.15) is 0 Å². The molecule has 1 saturated carbocycles. The molecule has 26 heavy (non-hydrogen) atoms. The quantitative estimate of drug-likeness (QED) is 0.857. The van der Waals surface area contributed by atoms with E-state index in [1.165, 1.54) is 37.7 Å². The third-order valence-electron chi connectivity index (χ3n) is 5.75. The van der Waals surface area contributed by atoms with Gasteiger partial charge in [0.1, 0.15) is 0 Å². The maximum atomic E-state index is 12.4. The summed E-state index contributed by atoms with van der Waals surface area (Å²) in [6, 6.07) is 7.73. The first-order valence-electron chi connectivity index (χ1n) is 10.0. The van der Waals surface area contributed by atoms with Crippen molar-refractivity contribution < 1.29 is 9.59 Å². The van der Waals surface area contributed by atoms with E-state index in [9.17, 15) is 9.59 Å². The van der Waals surface area contributed by atoms with Gasteiger partial charge in [-0.15, -0.1) is 0 Å². The molecule has 1 saturated heterocycles. The predicted octanol–water partition coefficient (Wildman–Crippen LogP) is 3.94. The molecule has 3 rings (SSSR count). The SMILES string of the molecule is Cc1ccc(NC(=O)N2CCC(C(=O)NCC3CCCCC3)CC2)cc1. The van der Waals surface area contributed by atoms with Crippen LogP contribution in [0.5, 0.6) is 0 Å². The Bertz CT molecular complexity index is 600. The van der Waals surface area contributed by atoms with E-state index < -0.39 is 0 Å². The smallest absolute Gasteiger partial charge is 0.321 e. The molecule has 1 aromatic rings. The third-order valence-corrected chi connectivity index (χ3v) is 5.75. The normalized spacial score (nSPS) is 19.2. The van der Waals surface area contributed by atoms with E-state index in [1.54, 1.807) is 0 Å². The molecule has 0 bridgehead atoms. The Balaban J connectivity index is 1.39. The second kappa shape index (κ2) is 9.06. The van der Waals surface area contributed by atoms with Crippen LogP contribution in [0, 0.1) is 18.8 Å². The van der Waals surface area contributed by atoms with Crippen molar-refractivity contribution in [2.75, 3.05) is 25.0 Å². The molecule has 2 aliphatic rings. The maximum absolute atomic E-state index is 12.4. The number of urea groups is 1. The predicted molar refractivity (Wildman–Crippen MR) is 104 cm³/mol. The van der Waals surface area contributed by atoms with Gasteiger partial charge in [-0.3, -0.25) is 4.79 Å². The molecule has 5 heteroatoms. The number of carbonyl (C=O) groups excluding carboxylic acids is 2. The molecule has 2 fully saturated rings. The number of rotatable bonds is 4. The van der Waals surface area contributed by atoms with Gasteiger partial charge in [0.2, 0.25) is 5.91 Å². The Kier molecular flexibility index (Phi) is 6.53. The van der Waals surface area contributed by atoms with Crippen molar-refractivity contribution in [1.82, 2.24) is 10.2 Å². The summed E-state index contributed by atoms with van der Waals surface area (Å²) in [7, 11) is 0. The molecule has 0 unspecified atom stereocenters. The minimum atomic E-state index is -0.0742. The van der Waals surface area contributed by atoms with Crippen LogP contribution in [0.2, 0.25) is 0 Å². The van der Waals surface area contributed by atoms with Crippen LogP contribution in [0.1, 0.15) is 50.5 Å². The summed E-state index contributed by atoms with van der Waals surface area (Å²) in [6.45, 7) is 4.13. The minimum absolute atomic E-state index is 0.0435. The Labute approximate surface area is 156 Å². The fourth-order valence-electron chi connectivity index (χ4n) is 3.96. The summed E-state index contributed by atoms with van der Waals surface area (Å²) in [5.41, 5.74) is 1.98. The molecule has 1 aliphatic heterocycles. The zero-order chi connectivity index (χ0) is 18.4. The van der Waals surface area contributed by atoms with Crippen molar-refractivity contribution in [3.05, 3.63) is 29.8 Å². The van der Waals surface area contributed by atoms with Gasteiger partial charge in [0.25, 0.3) is 0 Å². The van der Waals surface area contributed by atoms with Crippen LogP contribution in [0.25, 0.3) is 0 Å². The Morgan fingerprint density at radius 3 is 2.31 bits per heavy atom. The van der Waals surface area contributed by atoms with Gasteiger partial charge in [0, 0.05) is 31.2 Å². The second-order valence-electron chi connectivity index (χ2n) is 7.81. The standard InChI is InChI=1S/C21H31N3O2/c1-16-7-9-19(10-8-16)23-21(26)24-13-11-18(12-14-24)20(25)22-15-17-5-3-2-4-6-17/h7-10,17-18H,2-6,11-15H2,1H3,(H,22,25)(H,23,26). The molecule has 5 nitrogen and oxygen atoms in total. The average molecular weight is 357 g/mol. The van der Waals surface area contributed by atoms with Crippen LogP contribution in [0.3, 0.4) is 0 Å². The van der Waals surface area contributed by atoms with Gasteiger partial charge < -0.3 is 15.5 Å². The number of likely N-dealkylation sites (tertiary alicyclic amines) is 1. The molecule has 142 valence electrons. The van der Waals surface area contributed by atoms with E-state index in [2.05, 4.69) is 10.6 Å². The highest BCUT2D eigenvalue weighted by Crippen LogP contribution is 2.23. The molecule has 0 atom stereocenters. The number of hydrogen-bond acceptors (Lipinski definition) is 2. The number of piperidine rings is 1. The minimum Gasteiger partial charge on any atom is -0.356 e. The zero-order valence-corrected chi connectivity index (χ0v) is 15.8. The van der Waals surface area contributed by atoms with Gasteiger partial charge in [-0.05, 0) is 50.7 Å². The lowest BCUT2D eigenvalue weighted by Gasteiger charge is -2.32. The number of aryl methyl sites for hydroxylation is 1. The average Bonchev–Trinajstić information content (AvgIpc) is 2.69. The van der Waals surface area contributed by atoms with Crippen molar-refractivity contribution >= 4 is 17.6 Å². The molecule has 0 radical (unpaired) electrons. The van der Waals surface area contributed by atoms with Crippen LogP contribution in [0.15, 0.2) is 24.3 Å². The summed E-state index contributed by atoms with van der Waals surface area (Å²) < 4.78 is 0. The number of carbonyl (C=O) groups is 2. The fourth-order valence-corrected chi connectivity index (χ4v) is 3.96. The first-order valence-corrected chi connectivity index (χ1v) is 10.0. The van der Waals surface area contributed by atoms with E-state index in [1.807, 2.05) is 36.1 Å². The lowest BCUT2D eigenvalue weighted by Crippen LogP contribution is -2.45. The Hall–Kier alpha value is -2.04. The molecule has 0 aromatic heterocycles. The Morgan fingerprint density at radius 2 is 1.65 bits per heavy atom. The third kappa shape index (κ3) is 5.23. The maximum Gasteiger partial charge on any atom is 0.321 e. The zero-order valence-electron chi connectivity index (χ0n) is 15.8. The molecule has 1 aromatic carbocycles. The van der Waals surface area contributed by atoms with E-state index >= 15 is 0 Å². The number of nitrogens with zero attached hydrogens (tertiary/aromatic N) is 1. The first-order chi connectivity index (χ1) is 12.6. The van der Waals surface area contributed by atoms with Gasteiger partial charge in [-0.25, -0.2) is 4.79 Å². The largest absolute Gasteiger partial charge is 0.356 e. The first kappa shape index (κ1) is 18.7. The summed E-state index contributed by atoms with van der Waals surface area (Å²) >= 11 is 0. The van der Waals surface area contributed by atoms with E-state index in [-0.39, 0.29) is 17.9 Å². The molecule has 1 heterocycles. The van der Waals surface area contributed by atoms with E-state index in [4.69, 9.17) is 0 Å². The summed E-state index contributed by atoms with van der Waals surface area (Å²) in [6.07, 6.45) is 7.93. The summed E-state index contributed by atoms with van der Waals surface area (Å²) in [4.78, 5) is 26.6. The second-order valence-corrected chi connectivity index (χ2v) is 7.81. The lowest BCUT2D eigenvalue weighted by molar-refractivity contribution is -0.126. The van der Waals surface area contributed by atoms with Gasteiger partial charge >= 0.3 is 6.03 Å². The van der Waals surface area contributed by atoms with Crippen LogP contribution < -0.4 is 10.6 Å². The number of amides is 3. The molecular weight excluding hydrogens is 326 g/mol. The monoisotopic (exact) mass is 357 g/mol. The van der Waals surface area contributed by atoms with Crippen molar-refractivity contribution in [3.8, 4) is 0 Å². The van der Waals surface area contributed by atoms with Gasteiger partial charge in [-0.1, -0.05) is 37.0 Å². The van der Waals surface area contributed by atoms with E-state index in [0.717, 1.165) is 25.1 Å². The number of anilines is 1. The fraction of sp³-hybridized carbons (Fsp3) is 0.619. The summed E-state index contributed by atoms with van der Waals surface area (Å²) in [5.74, 6) is 0.879. The van der Waals surface area contributed by atoms with E-state index in [0.29, 0.717) is 19.0 Å². The molecule has 0 spiro atoms. The number of nitrogens with one attached hydrogen (secondary N) is 2. The Morgan fingerprint density at radius 1 is 1.00 bits per heavy atom. The summed E-state index contributed by atoms with van der Waals surface area (Å²) in [5, 5.41) is 6.09. The molecule has 3 amide bonds. The topological polar surface area (TPSA) is 61.4 Å². The highest BCUT2D eigenvalue weighted by atomic mass is 16.2. The van der Waals surface area contributed by atoms with Gasteiger partial charge in [0.15, 0.2) is 0 Å². The van der Waals surface area contributed by atoms with Crippen LogP contribution >= 0.6 is 0 Å².